The van der Waals surface area contributed by atoms with Crippen LogP contribution in [0.2, 0.25) is 0 Å². The lowest BCUT2D eigenvalue weighted by Crippen LogP contribution is -2.45. The first-order chi connectivity index (χ1) is 8.97. The van der Waals surface area contributed by atoms with Crippen LogP contribution in [0, 0.1) is 17.8 Å². The van der Waals surface area contributed by atoms with Crippen molar-refractivity contribution in [3.8, 4) is 0 Å². The lowest BCUT2D eigenvalue weighted by atomic mass is 9.70. The fourth-order valence-corrected chi connectivity index (χ4v) is 3.60. The van der Waals surface area contributed by atoms with E-state index in [1.54, 1.807) is 0 Å². The van der Waals surface area contributed by atoms with E-state index in [2.05, 4.69) is 11.7 Å². The quantitative estimate of drug-likeness (QED) is 0.692. The number of hydrogen-bond acceptors (Lipinski definition) is 1. The summed E-state index contributed by atoms with van der Waals surface area (Å²) >= 11 is 0. The Morgan fingerprint density at radius 1 is 0.895 bits per heavy atom. The first kappa shape index (κ1) is 15.1. The summed E-state index contributed by atoms with van der Waals surface area (Å²) in [5.74, 6) is 1.02. The summed E-state index contributed by atoms with van der Waals surface area (Å²) in [7, 11) is 0. The van der Waals surface area contributed by atoms with Gasteiger partial charge in [-0.15, -0.1) is 0 Å². The second kappa shape index (κ2) is 6.42. The Labute approximate surface area is 111 Å². The SMILES string of the molecule is CC1CCC(C2CC(F)C(OC(F)F)C(F)C2)CC1. The van der Waals surface area contributed by atoms with Gasteiger partial charge in [0.15, 0.2) is 0 Å². The van der Waals surface area contributed by atoms with Gasteiger partial charge in [0, 0.05) is 0 Å². The third-order valence-corrected chi connectivity index (χ3v) is 4.76. The van der Waals surface area contributed by atoms with Crippen LogP contribution in [-0.2, 0) is 4.74 Å². The van der Waals surface area contributed by atoms with Crippen LogP contribution >= 0.6 is 0 Å². The molecular formula is C14H22F4O. The molecule has 0 heterocycles. The molecule has 2 aliphatic carbocycles. The summed E-state index contributed by atoms with van der Waals surface area (Å²) in [6.07, 6.45) is -0.258. The first-order valence-corrected chi connectivity index (χ1v) is 7.19. The zero-order valence-corrected chi connectivity index (χ0v) is 11.2. The molecule has 0 aromatic rings. The maximum Gasteiger partial charge on any atom is 0.345 e. The summed E-state index contributed by atoms with van der Waals surface area (Å²) in [6.45, 7) is -0.909. The molecule has 2 atom stereocenters. The standard InChI is InChI=1S/C14H22F4O/c1-8-2-4-9(5-3-8)10-6-11(15)13(12(16)7-10)19-14(17)18/h8-14H,2-7H2,1H3. The summed E-state index contributed by atoms with van der Waals surface area (Å²) in [5, 5.41) is 0. The highest BCUT2D eigenvalue weighted by molar-refractivity contribution is 4.91. The fourth-order valence-electron chi connectivity index (χ4n) is 3.60. The zero-order valence-electron chi connectivity index (χ0n) is 11.2. The van der Waals surface area contributed by atoms with E-state index < -0.39 is 25.1 Å². The number of rotatable bonds is 3. The van der Waals surface area contributed by atoms with Crippen LogP contribution < -0.4 is 0 Å². The van der Waals surface area contributed by atoms with Crippen LogP contribution in [0.15, 0.2) is 0 Å². The normalized spacial score (nSPS) is 44.5. The fraction of sp³-hybridized carbons (Fsp3) is 1.00. The predicted molar refractivity (Wildman–Crippen MR) is 64.5 cm³/mol. The molecule has 2 aliphatic rings. The van der Waals surface area contributed by atoms with Crippen molar-refractivity contribution >= 4 is 0 Å². The Kier molecular flexibility index (Phi) is 5.09. The van der Waals surface area contributed by atoms with Crippen LogP contribution in [-0.4, -0.2) is 25.1 Å². The lowest BCUT2D eigenvalue weighted by molar-refractivity contribution is -0.208. The molecular weight excluding hydrogens is 260 g/mol. The molecule has 2 unspecified atom stereocenters. The van der Waals surface area contributed by atoms with E-state index in [4.69, 9.17) is 0 Å². The molecule has 0 amide bonds. The monoisotopic (exact) mass is 282 g/mol. The summed E-state index contributed by atoms with van der Waals surface area (Å²) in [5.41, 5.74) is 0. The Hall–Kier alpha value is -0.320. The van der Waals surface area contributed by atoms with Crippen molar-refractivity contribution in [2.75, 3.05) is 0 Å². The summed E-state index contributed by atoms with van der Waals surface area (Å²) < 4.78 is 56.0. The highest BCUT2D eigenvalue weighted by Crippen LogP contribution is 2.42. The second-order valence-electron chi connectivity index (χ2n) is 6.14. The van der Waals surface area contributed by atoms with Gasteiger partial charge in [0.05, 0.1) is 0 Å². The maximum absolute atomic E-state index is 13.8. The minimum absolute atomic E-state index is 0.0185. The Bertz CT molecular complexity index is 267. The Balaban J connectivity index is 1.89. The number of hydrogen-bond donors (Lipinski definition) is 0. The molecule has 19 heavy (non-hydrogen) atoms. The van der Waals surface area contributed by atoms with Gasteiger partial charge in [-0.3, -0.25) is 0 Å². The molecule has 2 saturated carbocycles. The lowest BCUT2D eigenvalue weighted by Gasteiger charge is -2.40. The van der Waals surface area contributed by atoms with Gasteiger partial charge in [0.25, 0.3) is 0 Å². The van der Waals surface area contributed by atoms with Crippen LogP contribution in [0.4, 0.5) is 17.6 Å². The van der Waals surface area contributed by atoms with Gasteiger partial charge in [0.2, 0.25) is 0 Å². The van der Waals surface area contributed by atoms with Gasteiger partial charge in [-0.1, -0.05) is 19.8 Å². The summed E-state index contributed by atoms with van der Waals surface area (Å²) in [6, 6.07) is 0. The molecule has 2 fully saturated rings. The van der Waals surface area contributed by atoms with Crippen molar-refractivity contribution in [1.82, 2.24) is 0 Å². The van der Waals surface area contributed by atoms with Crippen LogP contribution in [0.1, 0.15) is 45.4 Å². The largest absolute Gasteiger partial charge is 0.345 e. The molecule has 0 radical (unpaired) electrons. The van der Waals surface area contributed by atoms with E-state index in [1.165, 1.54) is 0 Å². The van der Waals surface area contributed by atoms with Crippen molar-refractivity contribution < 1.29 is 22.3 Å². The van der Waals surface area contributed by atoms with Crippen molar-refractivity contribution in [2.24, 2.45) is 17.8 Å². The van der Waals surface area contributed by atoms with E-state index in [1.807, 2.05) is 0 Å². The second-order valence-corrected chi connectivity index (χ2v) is 6.14. The average molecular weight is 282 g/mol. The molecule has 5 heteroatoms. The van der Waals surface area contributed by atoms with Crippen LogP contribution in [0.25, 0.3) is 0 Å². The van der Waals surface area contributed by atoms with Crippen LogP contribution in [0.5, 0.6) is 0 Å². The first-order valence-electron chi connectivity index (χ1n) is 7.19. The molecule has 0 spiro atoms. The molecule has 0 N–H and O–H groups in total. The average Bonchev–Trinajstić information content (AvgIpc) is 2.34. The smallest absolute Gasteiger partial charge is 0.313 e. The minimum atomic E-state index is -3.10. The highest BCUT2D eigenvalue weighted by Gasteiger charge is 2.43. The molecule has 0 aromatic heterocycles. The molecule has 0 saturated heterocycles. The number of ether oxygens (including phenoxy) is 1. The van der Waals surface area contributed by atoms with Gasteiger partial charge < -0.3 is 4.74 Å². The van der Waals surface area contributed by atoms with Crippen molar-refractivity contribution in [3.05, 3.63) is 0 Å². The van der Waals surface area contributed by atoms with Gasteiger partial charge in [0.1, 0.15) is 18.4 Å². The van der Waals surface area contributed by atoms with E-state index in [9.17, 15) is 17.6 Å². The van der Waals surface area contributed by atoms with Crippen LogP contribution in [0.3, 0.4) is 0 Å². The highest BCUT2D eigenvalue weighted by atomic mass is 19.3. The minimum Gasteiger partial charge on any atom is -0.313 e. The van der Waals surface area contributed by atoms with E-state index in [0.29, 0.717) is 11.8 Å². The Morgan fingerprint density at radius 3 is 1.89 bits per heavy atom. The topological polar surface area (TPSA) is 9.23 Å². The van der Waals surface area contributed by atoms with Gasteiger partial charge in [-0.25, -0.2) is 8.78 Å². The molecule has 1 nitrogen and oxygen atoms in total. The van der Waals surface area contributed by atoms with Gasteiger partial charge in [-0.05, 0) is 43.4 Å². The third kappa shape index (κ3) is 3.83. The van der Waals surface area contributed by atoms with E-state index >= 15 is 0 Å². The predicted octanol–water partition coefficient (Wildman–Crippen LogP) is 4.51. The summed E-state index contributed by atoms with van der Waals surface area (Å²) in [4.78, 5) is 0. The van der Waals surface area contributed by atoms with E-state index in [-0.39, 0.29) is 18.8 Å². The molecule has 0 aromatic carbocycles. The number of halogens is 4. The Morgan fingerprint density at radius 2 is 1.42 bits per heavy atom. The van der Waals surface area contributed by atoms with Crippen molar-refractivity contribution in [2.45, 2.75) is 70.5 Å². The van der Waals surface area contributed by atoms with Crippen molar-refractivity contribution in [1.29, 1.82) is 0 Å². The number of alkyl halides is 4. The van der Waals surface area contributed by atoms with Gasteiger partial charge >= 0.3 is 6.61 Å². The van der Waals surface area contributed by atoms with Crippen molar-refractivity contribution in [3.63, 3.8) is 0 Å². The third-order valence-electron chi connectivity index (χ3n) is 4.76. The molecule has 0 bridgehead atoms. The van der Waals surface area contributed by atoms with Gasteiger partial charge in [-0.2, -0.15) is 8.78 Å². The zero-order chi connectivity index (χ0) is 14.0. The maximum atomic E-state index is 13.8. The molecule has 0 aliphatic heterocycles. The van der Waals surface area contributed by atoms with E-state index in [0.717, 1.165) is 25.7 Å². The molecule has 2 rings (SSSR count). The molecule has 112 valence electrons.